The van der Waals surface area contributed by atoms with Crippen LogP contribution in [-0.4, -0.2) is 19.3 Å². The zero-order chi connectivity index (χ0) is 24.6. The minimum Gasteiger partial charge on any atom is -0.508 e. The molecule has 0 aliphatic rings. The second-order valence-electron chi connectivity index (χ2n) is 9.44. The first-order valence-electron chi connectivity index (χ1n) is 12.0. The van der Waals surface area contributed by atoms with Gasteiger partial charge in [0, 0.05) is 57.8 Å². The van der Waals surface area contributed by atoms with Gasteiger partial charge in [-0.15, -0.1) is 0 Å². The molecule has 0 atom stereocenters. The third-order valence-electron chi connectivity index (χ3n) is 7.50. The molecule has 0 fully saturated rings. The average Bonchev–Trinajstić information content (AvgIpc) is 3.37. The molecule has 0 aliphatic carbocycles. The maximum atomic E-state index is 10.1. The normalized spacial score (nSPS) is 11.8. The quantitative estimate of drug-likeness (QED) is 0.273. The molecule has 4 nitrogen and oxygen atoms in total. The minimum absolute atomic E-state index is 0.252. The van der Waals surface area contributed by atoms with Gasteiger partial charge in [-0.2, -0.15) is 0 Å². The van der Waals surface area contributed by atoms with Crippen LogP contribution in [0, 0.1) is 0 Å². The van der Waals surface area contributed by atoms with Gasteiger partial charge in [0.15, 0.2) is 0 Å². The van der Waals surface area contributed by atoms with Crippen molar-refractivity contribution in [3.8, 4) is 33.8 Å². The lowest BCUT2D eigenvalue weighted by Gasteiger charge is -2.16. The van der Waals surface area contributed by atoms with Gasteiger partial charge in [-0.25, -0.2) is 0 Å². The van der Waals surface area contributed by atoms with E-state index in [9.17, 15) is 10.2 Å². The van der Waals surface area contributed by atoms with Crippen molar-refractivity contribution in [2.75, 3.05) is 0 Å². The van der Waals surface area contributed by atoms with E-state index in [0.717, 1.165) is 44.3 Å². The lowest BCUT2D eigenvalue weighted by Crippen LogP contribution is -1.95. The Morgan fingerprint density at radius 2 is 0.833 bits per heavy atom. The Morgan fingerprint density at radius 1 is 0.472 bits per heavy atom. The van der Waals surface area contributed by atoms with Crippen LogP contribution < -0.4 is 0 Å². The van der Waals surface area contributed by atoms with Crippen molar-refractivity contribution >= 4 is 43.6 Å². The summed E-state index contributed by atoms with van der Waals surface area (Å²) in [5.41, 5.74) is 9.03. The maximum Gasteiger partial charge on any atom is 0.115 e. The molecular formula is C32H24N2O2. The van der Waals surface area contributed by atoms with E-state index in [-0.39, 0.29) is 11.5 Å². The molecule has 0 bridgehead atoms. The van der Waals surface area contributed by atoms with Gasteiger partial charge in [0.2, 0.25) is 0 Å². The number of aromatic nitrogens is 2. The summed E-state index contributed by atoms with van der Waals surface area (Å²) in [7, 11) is 4.26. The molecule has 0 unspecified atom stereocenters. The summed E-state index contributed by atoms with van der Waals surface area (Å²) in [5.74, 6) is 0.504. The van der Waals surface area contributed by atoms with Crippen LogP contribution in [0.4, 0.5) is 0 Å². The van der Waals surface area contributed by atoms with Crippen molar-refractivity contribution in [1.82, 2.24) is 9.13 Å². The fourth-order valence-corrected chi connectivity index (χ4v) is 5.93. The summed E-state index contributed by atoms with van der Waals surface area (Å²) >= 11 is 0. The summed E-state index contributed by atoms with van der Waals surface area (Å²) in [6.07, 6.45) is 0. The van der Waals surface area contributed by atoms with Crippen LogP contribution in [0.25, 0.3) is 65.9 Å². The molecule has 0 radical (unpaired) electrons. The van der Waals surface area contributed by atoms with E-state index in [4.69, 9.17) is 0 Å². The zero-order valence-electron chi connectivity index (χ0n) is 20.0. The molecule has 4 heteroatoms. The Labute approximate surface area is 207 Å². The molecule has 0 aliphatic heterocycles. The van der Waals surface area contributed by atoms with Crippen molar-refractivity contribution in [2.45, 2.75) is 0 Å². The van der Waals surface area contributed by atoms with Crippen LogP contribution in [0.2, 0.25) is 0 Å². The number of rotatable bonds is 2. The third kappa shape index (κ3) is 2.70. The van der Waals surface area contributed by atoms with Gasteiger partial charge in [-0.1, -0.05) is 60.7 Å². The highest BCUT2D eigenvalue weighted by Gasteiger charge is 2.26. The number of hydrogen-bond donors (Lipinski definition) is 2. The van der Waals surface area contributed by atoms with Crippen molar-refractivity contribution < 1.29 is 10.2 Å². The first-order valence-corrected chi connectivity index (χ1v) is 12.0. The molecule has 36 heavy (non-hydrogen) atoms. The highest BCUT2D eigenvalue weighted by molar-refractivity contribution is 6.32. The Kier molecular flexibility index (Phi) is 4.24. The molecule has 7 aromatic rings. The minimum atomic E-state index is 0.252. The van der Waals surface area contributed by atoms with Crippen LogP contribution in [0.3, 0.4) is 0 Å². The third-order valence-corrected chi connectivity index (χ3v) is 7.50. The summed E-state index contributed by atoms with van der Waals surface area (Å²) in [6, 6.07) is 32.1. The van der Waals surface area contributed by atoms with E-state index in [0.29, 0.717) is 0 Å². The van der Waals surface area contributed by atoms with Crippen LogP contribution >= 0.6 is 0 Å². The molecule has 0 saturated heterocycles. The smallest absolute Gasteiger partial charge is 0.115 e. The summed E-state index contributed by atoms with van der Waals surface area (Å²) in [5, 5.41) is 24.9. The second kappa shape index (κ2) is 7.40. The van der Waals surface area contributed by atoms with Gasteiger partial charge in [0.05, 0.1) is 11.0 Å². The number of aryl methyl sites for hydroxylation is 2. The molecule has 0 saturated carbocycles. The lowest BCUT2D eigenvalue weighted by molar-refractivity contribution is 0.475. The van der Waals surface area contributed by atoms with E-state index >= 15 is 0 Å². The summed E-state index contributed by atoms with van der Waals surface area (Å²) in [4.78, 5) is 0. The number of fused-ring (bicyclic) bond motifs is 6. The molecule has 7 rings (SSSR count). The van der Waals surface area contributed by atoms with Gasteiger partial charge >= 0.3 is 0 Å². The fraction of sp³-hybridized carbons (Fsp3) is 0.0625. The van der Waals surface area contributed by atoms with Crippen molar-refractivity contribution in [2.24, 2.45) is 14.1 Å². The van der Waals surface area contributed by atoms with Gasteiger partial charge < -0.3 is 19.3 Å². The largest absolute Gasteiger partial charge is 0.508 e. The first-order chi connectivity index (χ1) is 17.5. The van der Waals surface area contributed by atoms with Crippen LogP contribution in [0.15, 0.2) is 97.1 Å². The van der Waals surface area contributed by atoms with E-state index in [1.807, 2.05) is 24.3 Å². The number of nitrogens with zero attached hydrogens (tertiary/aromatic N) is 2. The number of para-hydroxylation sites is 2. The Balaban J connectivity index is 1.85. The molecular weight excluding hydrogens is 444 g/mol. The van der Waals surface area contributed by atoms with Gasteiger partial charge in [-0.3, -0.25) is 0 Å². The number of aromatic hydroxyl groups is 2. The van der Waals surface area contributed by atoms with Gasteiger partial charge in [0.1, 0.15) is 11.5 Å². The SMILES string of the molecule is Cn1c2ccccc2c2c(-c3ccc(O)cc3)c3c(c(-c4ccc(O)cc4)c21)c1ccccc1n3C. The van der Waals surface area contributed by atoms with Crippen LogP contribution in [0.5, 0.6) is 11.5 Å². The molecule has 2 aromatic heterocycles. The monoisotopic (exact) mass is 468 g/mol. The summed E-state index contributed by atoms with van der Waals surface area (Å²) < 4.78 is 4.58. The van der Waals surface area contributed by atoms with Crippen LogP contribution in [-0.2, 0) is 14.1 Å². The first kappa shape index (κ1) is 20.7. The second-order valence-corrected chi connectivity index (χ2v) is 9.44. The standard InChI is InChI=1S/C32H24N2O2/c1-33-25-9-5-3-7-23(25)29-28(20-13-17-22(36)18-14-20)32-30(24-8-4-6-10-26(24)34(32)2)27(31(29)33)19-11-15-21(35)16-12-19/h3-18,35-36H,1-2H3. The van der Waals surface area contributed by atoms with E-state index in [1.165, 1.54) is 21.5 Å². The van der Waals surface area contributed by atoms with Gasteiger partial charge in [0.25, 0.3) is 0 Å². The predicted molar refractivity (Wildman–Crippen MR) is 149 cm³/mol. The Morgan fingerprint density at radius 3 is 1.22 bits per heavy atom. The highest BCUT2D eigenvalue weighted by Crippen LogP contribution is 2.50. The molecule has 0 amide bonds. The molecule has 2 N–H and O–H groups in total. The summed E-state index contributed by atoms with van der Waals surface area (Å²) in [6.45, 7) is 0. The molecule has 0 spiro atoms. The zero-order valence-corrected chi connectivity index (χ0v) is 20.0. The lowest BCUT2D eigenvalue weighted by atomic mass is 9.90. The number of phenolic OH excluding ortho intramolecular Hbond substituents is 2. The van der Waals surface area contributed by atoms with Crippen molar-refractivity contribution in [3.63, 3.8) is 0 Å². The number of phenols is 2. The number of hydrogen-bond acceptors (Lipinski definition) is 2. The molecule has 2 heterocycles. The Bertz CT molecular complexity index is 1810. The topological polar surface area (TPSA) is 50.3 Å². The van der Waals surface area contributed by atoms with Crippen molar-refractivity contribution in [1.29, 1.82) is 0 Å². The van der Waals surface area contributed by atoms with E-state index in [2.05, 4.69) is 71.8 Å². The van der Waals surface area contributed by atoms with Gasteiger partial charge in [-0.05, 0) is 47.5 Å². The van der Waals surface area contributed by atoms with Crippen molar-refractivity contribution in [3.05, 3.63) is 97.1 Å². The number of benzene rings is 5. The predicted octanol–water partition coefficient (Wildman–Crippen LogP) is 7.72. The highest BCUT2D eigenvalue weighted by atomic mass is 16.3. The fourth-order valence-electron chi connectivity index (χ4n) is 5.93. The van der Waals surface area contributed by atoms with E-state index in [1.54, 1.807) is 24.3 Å². The Hall–Kier alpha value is -4.70. The van der Waals surface area contributed by atoms with Crippen LogP contribution in [0.1, 0.15) is 0 Å². The maximum absolute atomic E-state index is 10.1. The molecule has 174 valence electrons. The van der Waals surface area contributed by atoms with E-state index < -0.39 is 0 Å². The average molecular weight is 469 g/mol. The molecule has 5 aromatic carbocycles.